The maximum Gasteiger partial charge on any atom is 0.291 e. The van der Waals surface area contributed by atoms with Gasteiger partial charge < -0.3 is 14.2 Å². The maximum atomic E-state index is 12.9. The van der Waals surface area contributed by atoms with Gasteiger partial charge in [0.15, 0.2) is 17.3 Å². The number of fused-ring (bicyclic) bond motifs is 1. The molecule has 2 heterocycles. The van der Waals surface area contributed by atoms with E-state index < -0.39 is 0 Å². The third-order valence-electron chi connectivity index (χ3n) is 5.46. The predicted molar refractivity (Wildman–Crippen MR) is 142 cm³/mol. The van der Waals surface area contributed by atoms with Crippen molar-refractivity contribution in [2.75, 3.05) is 14.2 Å². The van der Waals surface area contributed by atoms with Gasteiger partial charge >= 0.3 is 0 Å². The van der Waals surface area contributed by atoms with Crippen LogP contribution in [0.3, 0.4) is 0 Å². The molecule has 5 rings (SSSR count). The first-order chi connectivity index (χ1) is 17.6. The molecule has 0 atom stereocenters. The average Bonchev–Trinajstić information content (AvgIpc) is 3.45. The first-order valence-corrected chi connectivity index (χ1v) is 12.0. The summed E-state index contributed by atoms with van der Waals surface area (Å²) < 4.78 is 18.5. The summed E-state index contributed by atoms with van der Waals surface area (Å²) in [5.41, 5.74) is 2.66. The second kappa shape index (κ2) is 10.5. The Hall–Kier alpha value is -4.43. The Morgan fingerprint density at radius 2 is 1.67 bits per heavy atom. The minimum atomic E-state index is -0.213. The van der Waals surface area contributed by atoms with E-state index in [4.69, 9.17) is 14.2 Å². The summed E-state index contributed by atoms with van der Waals surface area (Å²) in [6.07, 6.45) is 5.48. The van der Waals surface area contributed by atoms with Crippen LogP contribution in [-0.4, -0.2) is 28.8 Å². The fourth-order valence-corrected chi connectivity index (χ4v) is 4.50. The average molecular weight is 498 g/mol. The zero-order valence-corrected chi connectivity index (χ0v) is 20.6. The fourth-order valence-electron chi connectivity index (χ4n) is 3.59. The smallest absolute Gasteiger partial charge is 0.291 e. The molecule has 8 heteroatoms. The minimum absolute atomic E-state index is 0.213. The van der Waals surface area contributed by atoms with Gasteiger partial charge in [0.25, 0.3) is 5.56 Å². The SMILES string of the molecule is COc1ccc(/C=C/c2nc3s/c(=C/c4ccc(OCc5ccccc5)c(OC)c4)c(=O)n3n2)cc1. The van der Waals surface area contributed by atoms with Crippen molar-refractivity contribution in [3.05, 3.63) is 110 Å². The first kappa shape index (κ1) is 23.3. The van der Waals surface area contributed by atoms with Crippen LogP contribution >= 0.6 is 11.3 Å². The van der Waals surface area contributed by atoms with Crippen LogP contribution in [0.25, 0.3) is 23.2 Å². The molecule has 2 aromatic heterocycles. The predicted octanol–water partition coefficient (Wildman–Crippen LogP) is 4.47. The maximum absolute atomic E-state index is 12.9. The van der Waals surface area contributed by atoms with Gasteiger partial charge in [-0.1, -0.05) is 65.9 Å². The van der Waals surface area contributed by atoms with E-state index in [0.29, 0.717) is 33.4 Å². The van der Waals surface area contributed by atoms with Crippen LogP contribution in [0.15, 0.2) is 77.6 Å². The number of aromatic nitrogens is 3. The number of ether oxygens (including phenoxy) is 3. The zero-order valence-electron chi connectivity index (χ0n) is 19.8. The molecule has 0 N–H and O–H groups in total. The van der Waals surface area contributed by atoms with Gasteiger partial charge in [-0.15, -0.1) is 5.10 Å². The van der Waals surface area contributed by atoms with Gasteiger partial charge in [-0.05, 0) is 53.1 Å². The molecule has 0 saturated heterocycles. The largest absolute Gasteiger partial charge is 0.497 e. The van der Waals surface area contributed by atoms with Gasteiger partial charge in [0.2, 0.25) is 4.96 Å². The van der Waals surface area contributed by atoms with Crippen LogP contribution < -0.4 is 24.3 Å². The van der Waals surface area contributed by atoms with E-state index in [-0.39, 0.29) is 5.56 Å². The van der Waals surface area contributed by atoms with Crippen LogP contribution in [-0.2, 0) is 6.61 Å². The van der Waals surface area contributed by atoms with E-state index in [0.717, 1.165) is 22.4 Å². The zero-order chi connectivity index (χ0) is 24.9. The topological polar surface area (TPSA) is 75.0 Å². The van der Waals surface area contributed by atoms with E-state index in [2.05, 4.69) is 10.1 Å². The van der Waals surface area contributed by atoms with Crippen molar-refractivity contribution in [2.24, 2.45) is 0 Å². The number of methoxy groups -OCH3 is 2. The molecular formula is C28H23N3O4S. The summed E-state index contributed by atoms with van der Waals surface area (Å²) in [6, 6.07) is 23.1. The molecule has 3 aromatic carbocycles. The van der Waals surface area contributed by atoms with Crippen molar-refractivity contribution in [1.82, 2.24) is 14.6 Å². The van der Waals surface area contributed by atoms with Crippen molar-refractivity contribution in [2.45, 2.75) is 6.61 Å². The molecule has 0 spiro atoms. The Kier molecular flexibility index (Phi) is 6.77. The number of hydrogen-bond acceptors (Lipinski definition) is 7. The summed E-state index contributed by atoms with van der Waals surface area (Å²) in [5, 5.41) is 4.35. The number of rotatable bonds is 8. The molecule has 180 valence electrons. The number of benzene rings is 3. The summed E-state index contributed by atoms with van der Waals surface area (Å²) in [4.78, 5) is 17.9. The monoisotopic (exact) mass is 497 g/mol. The second-order valence-corrected chi connectivity index (χ2v) is 8.88. The summed E-state index contributed by atoms with van der Waals surface area (Å²) in [5.74, 6) is 2.50. The molecule has 36 heavy (non-hydrogen) atoms. The summed E-state index contributed by atoms with van der Waals surface area (Å²) >= 11 is 1.29. The van der Waals surface area contributed by atoms with Gasteiger partial charge in [-0.25, -0.2) is 0 Å². The Bertz CT molecular complexity index is 1620. The highest BCUT2D eigenvalue weighted by Crippen LogP contribution is 2.29. The highest BCUT2D eigenvalue weighted by molar-refractivity contribution is 7.15. The Balaban J connectivity index is 1.35. The van der Waals surface area contributed by atoms with Crippen LogP contribution in [0.1, 0.15) is 22.5 Å². The van der Waals surface area contributed by atoms with Crippen molar-refractivity contribution in [1.29, 1.82) is 0 Å². The minimum Gasteiger partial charge on any atom is -0.497 e. The normalized spacial score (nSPS) is 11.9. The lowest BCUT2D eigenvalue weighted by Gasteiger charge is -2.11. The molecule has 0 radical (unpaired) electrons. The first-order valence-electron chi connectivity index (χ1n) is 11.2. The van der Waals surface area contributed by atoms with Crippen LogP contribution in [0.5, 0.6) is 17.2 Å². The van der Waals surface area contributed by atoms with Crippen molar-refractivity contribution in [3.8, 4) is 17.2 Å². The summed E-state index contributed by atoms with van der Waals surface area (Å²) in [7, 11) is 3.23. The van der Waals surface area contributed by atoms with E-state index in [9.17, 15) is 4.79 Å². The molecule has 0 saturated carbocycles. The van der Waals surface area contributed by atoms with Crippen molar-refractivity contribution < 1.29 is 14.2 Å². The van der Waals surface area contributed by atoms with Crippen LogP contribution in [0.4, 0.5) is 0 Å². The molecular weight excluding hydrogens is 474 g/mol. The van der Waals surface area contributed by atoms with Crippen LogP contribution in [0, 0.1) is 0 Å². The molecule has 0 unspecified atom stereocenters. The lowest BCUT2D eigenvalue weighted by Crippen LogP contribution is -2.23. The van der Waals surface area contributed by atoms with Gasteiger partial charge in [0.05, 0.1) is 18.8 Å². The van der Waals surface area contributed by atoms with Gasteiger partial charge in [-0.3, -0.25) is 4.79 Å². The molecule has 0 aliphatic rings. The van der Waals surface area contributed by atoms with E-state index in [1.807, 2.05) is 78.9 Å². The molecule has 0 amide bonds. The molecule has 0 aliphatic carbocycles. The Morgan fingerprint density at radius 1 is 0.889 bits per heavy atom. The van der Waals surface area contributed by atoms with Crippen LogP contribution in [0.2, 0.25) is 0 Å². The highest BCUT2D eigenvalue weighted by Gasteiger charge is 2.10. The Labute approximate surface area is 211 Å². The number of nitrogens with zero attached hydrogens (tertiary/aromatic N) is 3. The molecule has 0 fully saturated rings. The lowest BCUT2D eigenvalue weighted by molar-refractivity contribution is 0.284. The molecule has 5 aromatic rings. The third kappa shape index (κ3) is 5.13. The van der Waals surface area contributed by atoms with Gasteiger partial charge in [0.1, 0.15) is 12.4 Å². The summed E-state index contributed by atoms with van der Waals surface area (Å²) in [6.45, 7) is 0.438. The quantitative estimate of drug-likeness (QED) is 0.315. The fraction of sp³-hybridized carbons (Fsp3) is 0.107. The van der Waals surface area contributed by atoms with Gasteiger partial charge in [0, 0.05) is 0 Å². The molecule has 7 nitrogen and oxygen atoms in total. The van der Waals surface area contributed by atoms with E-state index in [1.54, 1.807) is 26.4 Å². The molecule has 0 aliphatic heterocycles. The van der Waals surface area contributed by atoms with Gasteiger partial charge in [-0.2, -0.15) is 9.50 Å². The van der Waals surface area contributed by atoms with E-state index in [1.165, 1.54) is 15.9 Å². The molecule has 0 bridgehead atoms. The number of hydrogen-bond donors (Lipinski definition) is 0. The van der Waals surface area contributed by atoms with Crippen molar-refractivity contribution >= 4 is 34.5 Å². The standard InChI is InChI=1S/C28H23N3O4S/c1-33-22-12-8-19(9-13-22)11-15-26-29-28-31(30-26)27(32)25(36-28)17-21-10-14-23(24(16-21)34-2)35-18-20-6-4-3-5-7-20/h3-17H,18H2,1-2H3/b15-11+,25-17+. The Morgan fingerprint density at radius 3 is 2.39 bits per heavy atom. The van der Waals surface area contributed by atoms with E-state index >= 15 is 0 Å². The second-order valence-electron chi connectivity index (χ2n) is 7.87. The number of thiazole rings is 1. The highest BCUT2D eigenvalue weighted by atomic mass is 32.1. The lowest BCUT2D eigenvalue weighted by atomic mass is 10.2. The van der Waals surface area contributed by atoms with Crippen molar-refractivity contribution in [3.63, 3.8) is 0 Å². The third-order valence-corrected chi connectivity index (χ3v) is 6.42.